The number of hydrogen-bond donors (Lipinski definition) is 2. The van der Waals surface area contributed by atoms with Crippen molar-refractivity contribution in [3.05, 3.63) is 78.0 Å². The molecule has 0 aliphatic carbocycles. The van der Waals surface area contributed by atoms with Crippen LogP contribution in [0.4, 0.5) is 11.5 Å². The number of para-hydroxylation sites is 2. The molecule has 0 atom stereocenters. The van der Waals surface area contributed by atoms with Crippen molar-refractivity contribution in [1.82, 2.24) is 10.3 Å². The molecule has 0 radical (unpaired) electrons. The number of carbonyl (C=O) groups excluding carboxylic acids is 1. The van der Waals surface area contributed by atoms with Gasteiger partial charge in [-0.15, -0.1) is 0 Å². The minimum absolute atomic E-state index is 0.179. The van der Waals surface area contributed by atoms with Crippen molar-refractivity contribution in [1.29, 1.82) is 0 Å². The fourth-order valence-electron chi connectivity index (χ4n) is 2.52. The highest BCUT2D eigenvalue weighted by molar-refractivity contribution is 5.94. The maximum Gasteiger partial charge on any atom is 0.253 e. The highest BCUT2D eigenvalue weighted by Gasteiger charge is 2.07. The average molecular weight is 363 g/mol. The molecule has 6 nitrogen and oxygen atoms in total. The molecular weight excluding hydrogens is 342 g/mol. The van der Waals surface area contributed by atoms with E-state index in [1.165, 1.54) is 0 Å². The van der Waals surface area contributed by atoms with Gasteiger partial charge in [-0.3, -0.25) is 4.79 Å². The van der Waals surface area contributed by atoms with Gasteiger partial charge < -0.3 is 20.1 Å². The van der Waals surface area contributed by atoms with Gasteiger partial charge in [0.15, 0.2) is 0 Å². The molecule has 0 bridgehead atoms. The first-order valence-corrected chi connectivity index (χ1v) is 8.47. The Bertz CT molecular complexity index is 893. The molecule has 138 valence electrons. The zero-order valence-corrected chi connectivity index (χ0v) is 15.2. The summed E-state index contributed by atoms with van der Waals surface area (Å²) >= 11 is 0. The van der Waals surface area contributed by atoms with E-state index in [0.717, 1.165) is 22.7 Å². The van der Waals surface area contributed by atoms with Crippen LogP contribution < -0.4 is 20.1 Å². The molecule has 3 rings (SSSR count). The van der Waals surface area contributed by atoms with Gasteiger partial charge in [-0.1, -0.05) is 24.3 Å². The van der Waals surface area contributed by atoms with E-state index >= 15 is 0 Å². The van der Waals surface area contributed by atoms with Gasteiger partial charge in [-0.2, -0.15) is 0 Å². The number of aromatic nitrogens is 1. The van der Waals surface area contributed by atoms with Gasteiger partial charge in [-0.05, 0) is 42.0 Å². The second-order valence-corrected chi connectivity index (χ2v) is 5.79. The Morgan fingerprint density at radius 3 is 2.41 bits per heavy atom. The van der Waals surface area contributed by atoms with Gasteiger partial charge in [0, 0.05) is 12.7 Å². The number of carbonyl (C=O) groups is 1. The Hall–Kier alpha value is -3.54. The van der Waals surface area contributed by atoms with Crippen LogP contribution in [-0.2, 0) is 6.54 Å². The van der Waals surface area contributed by atoms with Gasteiger partial charge in [-0.25, -0.2) is 4.98 Å². The minimum atomic E-state index is -0.179. The summed E-state index contributed by atoms with van der Waals surface area (Å²) in [6.07, 6.45) is 1.54. The summed E-state index contributed by atoms with van der Waals surface area (Å²) in [7, 11) is 3.24. The number of methoxy groups -OCH3 is 2. The standard InChI is InChI=1S/C21H21N3O3/c1-26-17-10-7-15(8-11-17)13-23-21(25)16-9-12-20(22-14-16)24-18-5-3-4-6-19(18)27-2/h3-12,14H,13H2,1-2H3,(H,22,24)(H,23,25). The number of benzene rings is 2. The molecule has 27 heavy (non-hydrogen) atoms. The Kier molecular flexibility index (Phi) is 5.89. The first-order chi connectivity index (χ1) is 13.2. The van der Waals surface area contributed by atoms with E-state index in [1.54, 1.807) is 32.5 Å². The zero-order valence-electron chi connectivity index (χ0n) is 15.2. The smallest absolute Gasteiger partial charge is 0.253 e. The molecule has 0 fully saturated rings. The number of nitrogens with zero attached hydrogens (tertiary/aromatic N) is 1. The molecule has 0 saturated heterocycles. The average Bonchev–Trinajstić information content (AvgIpc) is 2.73. The van der Waals surface area contributed by atoms with Crippen LogP contribution in [0.3, 0.4) is 0 Å². The first-order valence-electron chi connectivity index (χ1n) is 8.47. The molecule has 1 aromatic heterocycles. The molecule has 3 aromatic rings. The van der Waals surface area contributed by atoms with Crippen LogP contribution >= 0.6 is 0 Å². The summed E-state index contributed by atoms with van der Waals surface area (Å²) < 4.78 is 10.4. The van der Waals surface area contributed by atoms with Gasteiger partial charge in [0.05, 0.1) is 25.5 Å². The predicted octanol–water partition coefficient (Wildman–Crippen LogP) is 3.77. The van der Waals surface area contributed by atoms with Crippen molar-refractivity contribution in [2.75, 3.05) is 19.5 Å². The largest absolute Gasteiger partial charge is 0.497 e. The Balaban J connectivity index is 1.59. The lowest BCUT2D eigenvalue weighted by molar-refractivity contribution is 0.0950. The fourth-order valence-corrected chi connectivity index (χ4v) is 2.52. The quantitative estimate of drug-likeness (QED) is 0.668. The van der Waals surface area contributed by atoms with Crippen LogP contribution in [0.1, 0.15) is 15.9 Å². The van der Waals surface area contributed by atoms with E-state index in [0.29, 0.717) is 17.9 Å². The number of amides is 1. The van der Waals surface area contributed by atoms with Crippen LogP contribution in [-0.4, -0.2) is 25.1 Å². The lowest BCUT2D eigenvalue weighted by Crippen LogP contribution is -2.22. The van der Waals surface area contributed by atoms with Crippen molar-refractivity contribution in [3.8, 4) is 11.5 Å². The summed E-state index contributed by atoms with van der Waals surface area (Å²) in [6.45, 7) is 0.435. The number of ether oxygens (including phenoxy) is 2. The number of rotatable bonds is 7. The number of hydrogen-bond acceptors (Lipinski definition) is 5. The van der Waals surface area contributed by atoms with E-state index in [-0.39, 0.29) is 5.91 Å². The highest BCUT2D eigenvalue weighted by atomic mass is 16.5. The third kappa shape index (κ3) is 4.76. The maximum absolute atomic E-state index is 12.3. The summed E-state index contributed by atoms with van der Waals surface area (Å²) in [5.74, 6) is 1.96. The Labute approximate surface area is 158 Å². The summed E-state index contributed by atoms with van der Waals surface area (Å²) in [6, 6.07) is 18.6. The second kappa shape index (κ2) is 8.71. The van der Waals surface area contributed by atoms with Gasteiger partial charge in [0.2, 0.25) is 0 Å². The number of nitrogens with one attached hydrogen (secondary N) is 2. The zero-order chi connectivity index (χ0) is 19.1. The van der Waals surface area contributed by atoms with Crippen LogP contribution in [0.5, 0.6) is 11.5 Å². The molecule has 0 spiro atoms. The van der Waals surface area contributed by atoms with Crippen molar-refractivity contribution < 1.29 is 14.3 Å². The van der Waals surface area contributed by atoms with Crippen LogP contribution in [0.25, 0.3) is 0 Å². The molecule has 1 heterocycles. The predicted molar refractivity (Wildman–Crippen MR) is 105 cm³/mol. The lowest BCUT2D eigenvalue weighted by atomic mass is 10.2. The molecule has 0 aliphatic rings. The van der Waals surface area contributed by atoms with E-state index in [4.69, 9.17) is 9.47 Å². The molecule has 2 aromatic carbocycles. The maximum atomic E-state index is 12.3. The molecule has 0 aliphatic heterocycles. The van der Waals surface area contributed by atoms with Gasteiger partial charge in [0.1, 0.15) is 17.3 Å². The van der Waals surface area contributed by atoms with Crippen molar-refractivity contribution >= 4 is 17.4 Å². The third-order valence-electron chi connectivity index (χ3n) is 4.01. The summed E-state index contributed by atoms with van der Waals surface area (Å²) in [4.78, 5) is 16.6. The van der Waals surface area contributed by atoms with E-state index in [9.17, 15) is 4.79 Å². The molecule has 0 unspecified atom stereocenters. The van der Waals surface area contributed by atoms with Crippen molar-refractivity contribution in [2.45, 2.75) is 6.54 Å². The topological polar surface area (TPSA) is 72.5 Å². The number of anilines is 2. The SMILES string of the molecule is COc1ccc(CNC(=O)c2ccc(Nc3ccccc3OC)nc2)cc1. The highest BCUT2D eigenvalue weighted by Crippen LogP contribution is 2.26. The van der Waals surface area contributed by atoms with Crippen LogP contribution in [0.2, 0.25) is 0 Å². The first kappa shape index (κ1) is 18.3. The lowest BCUT2D eigenvalue weighted by Gasteiger charge is -2.10. The molecule has 0 saturated carbocycles. The minimum Gasteiger partial charge on any atom is -0.497 e. The molecule has 1 amide bonds. The van der Waals surface area contributed by atoms with E-state index in [2.05, 4.69) is 15.6 Å². The Morgan fingerprint density at radius 1 is 0.963 bits per heavy atom. The van der Waals surface area contributed by atoms with E-state index in [1.807, 2.05) is 48.5 Å². The fraction of sp³-hybridized carbons (Fsp3) is 0.143. The van der Waals surface area contributed by atoms with Crippen LogP contribution in [0.15, 0.2) is 66.9 Å². The summed E-state index contributed by atoms with van der Waals surface area (Å²) in [5, 5.41) is 6.06. The third-order valence-corrected chi connectivity index (χ3v) is 4.01. The van der Waals surface area contributed by atoms with Crippen LogP contribution in [0, 0.1) is 0 Å². The normalized spacial score (nSPS) is 10.1. The van der Waals surface area contributed by atoms with Crippen molar-refractivity contribution in [3.63, 3.8) is 0 Å². The summed E-state index contributed by atoms with van der Waals surface area (Å²) in [5.41, 5.74) is 2.30. The van der Waals surface area contributed by atoms with Gasteiger partial charge in [0.25, 0.3) is 5.91 Å². The number of pyridine rings is 1. The Morgan fingerprint density at radius 2 is 1.74 bits per heavy atom. The van der Waals surface area contributed by atoms with E-state index < -0.39 is 0 Å². The molecule has 6 heteroatoms. The molecular formula is C21H21N3O3. The molecule has 2 N–H and O–H groups in total. The van der Waals surface area contributed by atoms with Gasteiger partial charge >= 0.3 is 0 Å². The van der Waals surface area contributed by atoms with Crippen molar-refractivity contribution in [2.24, 2.45) is 0 Å². The second-order valence-electron chi connectivity index (χ2n) is 5.79. The monoisotopic (exact) mass is 363 g/mol.